The van der Waals surface area contributed by atoms with E-state index in [2.05, 4.69) is 13.2 Å². The van der Waals surface area contributed by atoms with Crippen molar-refractivity contribution in [2.24, 2.45) is 11.8 Å². The Morgan fingerprint density at radius 3 is 1.44 bits per heavy atom. The highest BCUT2D eigenvalue weighted by molar-refractivity contribution is 5.97. The summed E-state index contributed by atoms with van der Waals surface area (Å²) in [7, 11) is 0. The molecule has 4 aromatic rings. The summed E-state index contributed by atoms with van der Waals surface area (Å²) in [5.41, 5.74) is 0.806. The van der Waals surface area contributed by atoms with E-state index in [1.54, 1.807) is 31.2 Å². The van der Waals surface area contributed by atoms with E-state index in [1.807, 2.05) is 55.5 Å². The average molecular weight is 849 g/mol. The Morgan fingerprint density at radius 1 is 0.548 bits per heavy atom. The average Bonchev–Trinajstić information content (AvgIpc) is 3.29. The van der Waals surface area contributed by atoms with Crippen LogP contribution in [0.25, 0.3) is 21.5 Å². The minimum absolute atomic E-state index is 0.0336. The number of unbranched alkanes of at least 4 members (excludes halogenated alkanes) is 6. The van der Waals surface area contributed by atoms with Crippen molar-refractivity contribution in [2.75, 3.05) is 26.4 Å². The van der Waals surface area contributed by atoms with Crippen LogP contribution >= 0.6 is 0 Å². The van der Waals surface area contributed by atoms with Crippen molar-refractivity contribution in [3.05, 3.63) is 109 Å². The van der Waals surface area contributed by atoms with E-state index in [9.17, 15) is 24.0 Å². The molecule has 1 fully saturated rings. The monoisotopic (exact) mass is 848 g/mol. The van der Waals surface area contributed by atoms with Gasteiger partial charge < -0.3 is 28.4 Å². The van der Waals surface area contributed by atoms with Crippen LogP contribution < -0.4 is 9.47 Å². The number of rotatable bonds is 25. The molecule has 1 unspecified atom stereocenters. The summed E-state index contributed by atoms with van der Waals surface area (Å²) in [5, 5.41) is 3.58. The van der Waals surface area contributed by atoms with Crippen molar-refractivity contribution in [3.63, 3.8) is 0 Å². The molecule has 62 heavy (non-hydrogen) atoms. The second kappa shape index (κ2) is 24.5. The van der Waals surface area contributed by atoms with Crippen LogP contribution in [-0.4, -0.2) is 68.3 Å². The molecule has 330 valence electrons. The Kier molecular flexibility index (Phi) is 18.6. The number of fused-ring (bicyclic) bond motifs is 2. The Morgan fingerprint density at radius 2 is 0.984 bits per heavy atom. The van der Waals surface area contributed by atoms with E-state index in [-0.39, 0.29) is 24.5 Å². The molecule has 0 aromatic heterocycles. The Balaban J connectivity index is 1.11. The normalized spacial score (nSPS) is 17.1. The third-order valence-corrected chi connectivity index (χ3v) is 11.3. The third kappa shape index (κ3) is 14.0. The quantitative estimate of drug-likeness (QED) is 0.0272. The third-order valence-electron chi connectivity index (χ3n) is 11.3. The van der Waals surface area contributed by atoms with Crippen molar-refractivity contribution in [1.82, 2.24) is 0 Å². The maximum absolute atomic E-state index is 13.6. The molecule has 0 aliphatic heterocycles. The Hall–Kier alpha value is -5.97. The predicted molar refractivity (Wildman–Crippen MR) is 238 cm³/mol. The van der Waals surface area contributed by atoms with E-state index >= 15 is 0 Å². The second-order valence-electron chi connectivity index (χ2n) is 15.7. The van der Waals surface area contributed by atoms with Gasteiger partial charge in [-0.3, -0.25) is 4.79 Å². The number of carbonyl (C=O) groups excluding carboxylic acids is 5. The number of Topliss-reactive ketones (excluding diaryl/α,β-unsaturated/α-hetero) is 1. The van der Waals surface area contributed by atoms with Gasteiger partial charge in [0.15, 0.2) is 0 Å². The lowest BCUT2D eigenvalue weighted by atomic mass is 9.74. The highest BCUT2D eigenvalue weighted by Crippen LogP contribution is 2.37. The molecule has 1 saturated carbocycles. The fraction of sp³-hybridized carbons (Fsp3) is 0.431. The molecule has 0 amide bonds. The number of esters is 4. The summed E-state index contributed by atoms with van der Waals surface area (Å²) in [5.74, 6) is -1.03. The second-order valence-corrected chi connectivity index (χ2v) is 15.7. The molecule has 1 aliphatic rings. The Labute approximate surface area is 364 Å². The van der Waals surface area contributed by atoms with E-state index in [0.717, 1.165) is 96.6 Å². The minimum atomic E-state index is -0.644. The molecule has 0 N–H and O–H groups in total. The number of ether oxygens (including phenoxy) is 6. The number of ketones is 1. The Bertz CT molecular complexity index is 2170. The van der Waals surface area contributed by atoms with Gasteiger partial charge >= 0.3 is 23.9 Å². The highest BCUT2D eigenvalue weighted by Gasteiger charge is 2.43. The standard InChI is InChI=1S/C51H60O11/c1-5-35-33-47(62-51(56)41-20-18-39-32-43(24-22-37(39)30-41)58-26-14-10-12-16-28-60-49(54)8-4)44(45(52)6-2)34-46(35)61-50(55)40-19-17-38-31-42(23-21-36(38)29-40)57-25-13-9-11-15-27-59-48(53)7-3/h7-8,17-24,29-32,35,44,46-47H,3-6,9-16,25-28,33-34H2,1-2H3/t35-,44-,46-,47?/m1/s1. The number of benzene rings is 4. The lowest BCUT2D eigenvalue weighted by Gasteiger charge is -2.39. The molecule has 0 radical (unpaired) electrons. The molecule has 0 spiro atoms. The molecule has 0 heterocycles. The molecule has 4 atom stereocenters. The van der Waals surface area contributed by atoms with Gasteiger partial charge in [0.25, 0.3) is 0 Å². The number of carbonyl (C=O) groups is 5. The summed E-state index contributed by atoms with van der Waals surface area (Å²) >= 11 is 0. The maximum atomic E-state index is 13.6. The first kappa shape index (κ1) is 47.1. The molecular weight excluding hydrogens is 789 g/mol. The molecule has 11 heteroatoms. The summed E-state index contributed by atoms with van der Waals surface area (Å²) in [6.45, 7) is 12.5. The molecule has 11 nitrogen and oxygen atoms in total. The van der Waals surface area contributed by atoms with Crippen LogP contribution in [-0.2, 0) is 33.3 Å². The largest absolute Gasteiger partial charge is 0.494 e. The maximum Gasteiger partial charge on any atom is 0.338 e. The molecule has 0 bridgehead atoms. The van der Waals surface area contributed by atoms with Crippen molar-refractivity contribution in [2.45, 2.75) is 103 Å². The molecule has 5 rings (SSSR count). The summed E-state index contributed by atoms with van der Waals surface area (Å²) in [6, 6.07) is 22.3. The van der Waals surface area contributed by atoms with Crippen LogP contribution in [0.5, 0.6) is 11.5 Å². The van der Waals surface area contributed by atoms with Gasteiger partial charge in [0.05, 0.1) is 43.5 Å². The lowest BCUT2D eigenvalue weighted by molar-refractivity contribution is -0.138. The van der Waals surface area contributed by atoms with Crippen molar-refractivity contribution < 1.29 is 52.4 Å². The van der Waals surface area contributed by atoms with Gasteiger partial charge in [0.1, 0.15) is 29.5 Å². The zero-order valence-electron chi connectivity index (χ0n) is 36.1. The van der Waals surface area contributed by atoms with Gasteiger partial charge in [-0.1, -0.05) is 51.3 Å². The fourth-order valence-electron chi connectivity index (χ4n) is 7.77. The predicted octanol–water partition coefficient (Wildman–Crippen LogP) is 10.5. The topological polar surface area (TPSA) is 141 Å². The zero-order chi connectivity index (χ0) is 44.3. The molecule has 1 aliphatic carbocycles. The van der Waals surface area contributed by atoms with Gasteiger partial charge in [-0.15, -0.1) is 0 Å². The zero-order valence-corrected chi connectivity index (χ0v) is 36.1. The lowest BCUT2D eigenvalue weighted by Crippen LogP contribution is -2.45. The molecule has 0 saturated heterocycles. The van der Waals surface area contributed by atoms with Gasteiger partial charge in [0, 0.05) is 18.6 Å². The van der Waals surface area contributed by atoms with Crippen LogP contribution in [0.15, 0.2) is 98.1 Å². The first-order valence-electron chi connectivity index (χ1n) is 22.0. The summed E-state index contributed by atoms with van der Waals surface area (Å²) in [6.07, 6.45) is 9.91. The highest BCUT2D eigenvalue weighted by atomic mass is 16.6. The number of hydrogen-bond donors (Lipinski definition) is 0. The van der Waals surface area contributed by atoms with E-state index < -0.39 is 42.0 Å². The summed E-state index contributed by atoms with van der Waals surface area (Å²) in [4.78, 5) is 62.8. The van der Waals surface area contributed by atoms with Crippen molar-refractivity contribution in [3.8, 4) is 11.5 Å². The van der Waals surface area contributed by atoms with Gasteiger partial charge in [-0.05, 0) is 147 Å². The van der Waals surface area contributed by atoms with Gasteiger partial charge in [-0.25, -0.2) is 19.2 Å². The SMILES string of the molecule is C=CC(=O)OCCCCCCOc1ccc2cc(C(=O)OC3C[C@@H](CC)[C@H](OC(=O)c4ccc5cc(OCCCCCCOC(=O)C=C)ccc5c4)C[C@@H]3C(=O)CC)ccc2c1. The van der Waals surface area contributed by atoms with E-state index in [1.165, 1.54) is 0 Å². The van der Waals surface area contributed by atoms with Crippen LogP contribution in [0.4, 0.5) is 0 Å². The van der Waals surface area contributed by atoms with Crippen LogP contribution in [0.3, 0.4) is 0 Å². The van der Waals surface area contributed by atoms with Gasteiger partial charge in [0.2, 0.25) is 0 Å². The van der Waals surface area contributed by atoms with Crippen LogP contribution in [0.1, 0.15) is 112 Å². The van der Waals surface area contributed by atoms with E-state index in [0.29, 0.717) is 50.4 Å². The van der Waals surface area contributed by atoms with Crippen LogP contribution in [0, 0.1) is 11.8 Å². The van der Waals surface area contributed by atoms with Crippen LogP contribution in [0.2, 0.25) is 0 Å². The van der Waals surface area contributed by atoms with Crippen molar-refractivity contribution in [1.29, 1.82) is 0 Å². The minimum Gasteiger partial charge on any atom is -0.494 e. The summed E-state index contributed by atoms with van der Waals surface area (Å²) < 4.78 is 34.2. The van der Waals surface area contributed by atoms with Crippen molar-refractivity contribution >= 4 is 51.2 Å². The molecular formula is C51H60O11. The first-order valence-corrected chi connectivity index (χ1v) is 22.0. The first-order chi connectivity index (χ1) is 30.1. The number of hydrogen-bond acceptors (Lipinski definition) is 11. The molecule has 4 aromatic carbocycles. The van der Waals surface area contributed by atoms with Gasteiger partial charge in [-0.2, -0.15) is 0 Å². The smallest absolute Gasteiger partial charge is 0.338 e. The van der Waals surface area contributed by atoms with E-state index in [4.69, 9.17) is 28.4 Å². The fourth-order valence-corrected chi connectivity index (χ4v) is 7.77.